The molecule has 0 radical (unpaired) electrons. The van der Waals surface area contributed by atoms with Crippen LogP contribution in [0.2, 0.25) is 0 Å². The van der Waals surface area contributed by atoms with Crippen molar-refractivity contribution in [3.63, 3.8) is 0 Å². The first-order valence-electron chi connectivity index (χ1n) is 8.52. The number of methoxy groups -OCH3 is 4. The third-order valence-electron chi connectivity index (χ3n) is 4.67. The number of allylic oxidation sites excluding steroid dienone is 1. The molecule has 0 heterocycles. The number of anilines is 1. The summed E-state index contributed by atoms with van der Waals surface area (Å²) in [6, 6.07) is 7.45. The first kappa shape index (κ1) is 18.6. The number of rotatable bonds is 5. The summed E-state index contributed by atoms with van der Waals surface area (Å²) in [6.45, 7) is 0. The highest BCUT2D eigenvalue weighted by molar-refractivity contribution is 5.94. The SMILES string of the molecule is COc1ccc(C2=CCC(=O)Cc3c2cc(OC)c(OC)c3OC)cc1N. The molecule has 0 amide bonds. The predicted molar refractivity (Wildman–Crippen MR) is 104 cm³/mol. The van der Waals surface area contributed by atoms with E-state index in [4.69, 9.17) is 24.7 Å². The van der Waals surface area contributed by atoms with Crippen molar-refractivity contribution >= 4 is 17.0 Å². The number of nitrogen functional groups attached to an aromatic ring is 1. The van der Waals surface area contributed by atoms with E-state index in [2.05, 4.69) is 0 Å². The maximum absolute atomic E-state index is 12.4. The summed E-state index contributed by atoms with van der Waals surface area (Å²) in [5, 5.41) is 0. The zero-order valence-electron chi connectivity index (χ0n) is 15.9. The maximum Gasteiger partial charge on any atom is 0.203 e. The Morgan fingerprint density at radius 2 is 1.59 bits per heavy atom. The molecule has 0 saturated carbocycles. The molecule has 2 aromatic rings. The molecule has 27 heavy (non-hydrogen) atoms. The summed E-state index contributed by atoms with van der Waals surface area (Å²) in [6.07, 6.45) is 2.50. The molecule has 0 aromatic heterocycles. The number of carbonyl (C=O) groups excluding carboxylic acids is 1. The lowest BCUT2D eigenvalue weighted by molar-refractivity contribution is -0.117. The summed E-state index contributed by atoms with van der Waals surface area (Å²) in [4.78, 5) is 12.4. The van der Waals surface area contributed by atoms with Crippen molar-refractivity contribution < 1.29 is 23.7 Å². The summed E-state index contributed by atoms with van der Waals surface area (Å²) < 4.78 is 21.8. The van der Waals surface area contributed by atoms with Gasteiger partial charge in [-0.3, -0.25) is 4.79 Å². The minimum Gasteiger partial charge on any atom is -0.495 e. The van der Waals surface area contributed by atoms with Crippen LogP contribution in [-0.4, -0.2) is 34.2 Å². The third-order valence-corrected chi connectivity index (χ3v) is 4.67. The van der Waals surface area contributed by atoms with Crippen LogP contribution in [0, 0.1) is 0 Å². The molecule has 142 valence electrons. The fraction of sp³-hybridized carbons (Fsp3) is 0.286. The van der Waals surface area contributed by atoms with Crippen LogP contribution >= 0.6 is 0 Å². The van der Waals surface area contributed by atoms with Gasteiger partial charge in [-0.25, -0.2) is 0 Å². The number of ether oxygens (including phenoxy) is 4. The average Bonchev–Trinajstić information content (AvgIpc) is 2.84. The number of hydrogen-bond acceptors (Lipinski definition) is 6. The van der Waals surface area contributed by atoms with Crippen molar-refractivity contribution in [2.45, 2.75) is 12.8 Å². The minimum absolute atomic E-state index is 0.0956. The summed E-state index contributed by atoms with van der Waals surface area (Å²) in [5.74, 6) is 2.22. The zero-order valence-corrected chi connectivity index (χ0v) is 15.9. The molecular formula is C21H23NO5. The van der Waals surface area contributed by atoms with Crippen molar-refractivity contribution in [1.29, 1.82) is 0 Å². The number of benzene rings is 2. The van der Waals surface area contributed by atoms with E-state index in [1.165, 1.54) is 0 Å². The van der Waals surface area contributed by atoms with Gasteiger partial charge in [-0.1, -0.05) is 12.1 Å². The van der Waals surface area contributed by atoms with E-state index >= 15 is 0 Å². The Hall–Kier alpha value is -3.15. The standard InChI is InChI=1S/C21H23NO5/c1-24-18-8-5-12(9-17(18)22)14-7-6-13(23)10-16-15(14)11-19(25-2)21(27-4)20(16)26-3/h5,7-9,11H,6,10,22H2,1-4H3. The van der Waals surface area contributed by atoms with Crippen LogP contribution < -0.4 is 24.7 Å². The summed E-state index contributed by atoms with van der Waals surface area (Å²) in [7, 11) is 6.25. The van der Waals surface area contributed by atoms with Crippen molar-refractivity contribution in [3.8, 4) is 23.0 Å². The molecule has 0 fully saturated rings. The minimum atomic E-state index is 0.0956. The highest BCUT2D eigenvalue weighted by Gasteiger charge is 2.26. The van der Waals surface area contributed by atoms with Gasteiger partial charge in [-0.15, -0.1) is 0 Å². The topological polar surface area (TPSA) is 80.0 Å². The lowest BCUT2D eigenvalue weighted by Gasteiger charge is -2.20. The van der Waals surface area contributed by atoms with E-state index in [1.54, 1.807) is 28.4 Å². The van der Waals surface area contributed by atoms with Gasteiger partial charge in [0.15, 0.2) is 11.5 Å². The molecule has 6 nitrogen and oxygen atoms in total. The van der Waals surface area contributed by atoms with Gasteiger partial charge in [0.25, 0.3) is 0 Å². The zero-order chi connectivity index (χ0) is 19.6. The Labute approximate surface area is 158 Å². The quantitative estimate of drug-likeness (QED) is 0.815. The van der Waals surface area contributed by atoms with E-state index in [9.17, 15) is 4.79 Å². The molecule has 2 N–H and O–H groups in total. The Kier molecular flexibility index (Phi) is 5.26. The van der Waals surface area contributed by atoms with Crippen LogP contribution in [-0.2, 0) is 11.2 Å². The molecule has 0 spiro atoms. The van der Waals surface area contributed by atoms with Gasteiger partial charge < -0.3 is 24.7 Å². The normalized spacial score (nSPS) is 13.3. The molecule has 0 aliphatic heterocycles. The first-order valence-corrected chi connectivity index (χ1v) is 8.52. The van der Waals surface area contributed by atoms with Crippen LogP contribution in [0.15, 0.2) is 30.3 Å². The van der Waals surface area contributed by atoms with Crippen LogP contribution in [0.3, 0.4) is 0 Å². The van der Waals surface area contributed by atoms with Gasteiger partial charge in [0.1, 0.15) is 11.5 Å². The van der Waals surface area contributed by atoms with E-state index in [1.807, 2.05) is 30.3 Å². The largest absolute Gasteiger partial charge is 0.495 e. The number of Topliss-reactive ketones (excluding diaryl/α,β-unsaturated/α-hetero) is 1. The van der Waals surface area contributed by atoms with Crippen LogP contribution in [0.1, 0.15) is 23.1 Å². The van der Waals surface area contributed by atoms with Crippen molar-refractivity contribution in [2.75, 3.05) is 34.2 Å². The third kappa shape index (κ3) is 3.30. The van der Waals surface area contributed by atoms with E-state index in [0.717, 1.165) is 22.3 Å². The van der Waals surface area contributed by atoms with Crippen LogP contribution in [0.4, 0.5) is 5.69 Å². The van der Waals surface area contributed by atoms with E-state index in [-0.39, 0.29) is 12.2 Å². The Morgan fingerprint density at radius 1 is 0.889 bits per heavy atom. The molecule has 0 unspecified atom stereocenters. The second-order valence-electron chi connectivity index (χ2n) is 6.17. The molecule has 0 atom stereocenters. The molecule has 0 bridgehead atoms. The second kappa shape index (κ2) is 7.61. The Morgan fingerprint density at radius 3 is 2.19 bits per heavy atom. The van der Waals surface area contributed by atoms with Crippen molar-refractivity contribution in [2.24, 2.45) is 0 Å². The van der Waals surface area contributed by atoms with Gasteiger partial charge in [-0.05, 0) is 34.9 Å². The monoisotopic (exact) mass is 369 g/mol. The molecular weight excluding hydrogens is 346 g/mol. The average molecular weight is 369 g/mol. The highest BCUT2D eigenvalue weighted by atomic mass is 16.5. The molecule has 1 aliphatic rings. The molecule has 0 saturated heterocycles. The molecule has 2 aromatic carbocycles. The Bertz CT molecular complexity index is 917. The molecule has 3 rings (SSSR count). The van der Waals surface area contributed by atoms with E-state index in [0.29, 0.717) is 35.1 Å². The number of hydrogen-bond donors (Lipinski definition) is 1. The fourth-order valence-electron chi connectivity index (χ4n) is 3.40. The number of carbonyl (C=O) groups is 1. The van der Waals surface area contributed by atoms with Gasteiger partial charge in [-0.2, -0.15) is 0 Å². The number of ketones is 1. The van der Waals surface area contributed by atoms with Crippen molar-refractivity contribution in [1.82, 2.24) is 0 Å². The lowest BCUT2D eigenvalue weighted by Crippen LogP contribution is -2.06. The maximum atomic E-state index is 12.4. The van der Waals surface area contributed by atoms with Gasteiger partial charge in [0.05, 0.1) is 34.1 Å². The summed E-state index contributed by atoms with van der Waals surface area (Å²) in [5.41, 5.74) is 10.0. The number of fused-ring (bicyclic) bond motifs is 1. The molecule has 6 heteroatoms. The number of nitrogens with two attached hydrogens (primary N) is 1. The highest BCUT2D eigenvalue weighted by Crippen LogP contribution is 2.46. The van der Waals surface area contributed by atoms with Crippen LogP contribution in [0.5, 0.6) is 23.0 Å². The fourth-order valence-corrected chi connectivity index (χ4v) is 3.40. The van der Waals surface area contributed by atoms with Gasteiger partial charge in [0, 0.05) is 18.4 Å². The van der Waals surface area contributed by atoms with Gasteiger partial charge >= 0.3 is 0 Å². The predicted octanol–water partition coefficient (Wildman–Crippen LogP) is 3.25. The lowest BCUT2D eigenvalue weighted by atomic mass is 9.92. The molecule has 1 aliphatic carbocycles. The summed E-state index contributed by atoms with van der Waals surface area (Å²) >= 11 is 0. The van der Waals surface area contributed by atoms with Crippen LogP contribution in [0.25, 0.3) is 5.57 Å². The van der Waals surface area contributed by atoms with Gasteiger partial charge in [0.2, 0.25) is 5.75 Å². The smallest absolute Gasteiger partial charge is 0.203 e. The second-order valence-corrected chi connectivity index (χ2v) is 6.17. The Balaban J connectivity index is 2.27. The van der Waals surface area contributed by atoms with Crippen molar-refractivity contribution in [3.05, 3.63) is 47.0 Å². The van der Waals surface area contributed by atoms with E-state index < -0.39 is 0 Å². The first-order chi connectivity index (χ1) is 13.0.